The molecule has 0 fully saturated rings. The zero-order valence-corrected chi connectivity index (χ0v) is 16.0. The van der Waals surface area contributed by atoms with E-state index in [2.05, 4.69) is 15.4 Å². The summed E-state index contributed by atoms with van der Waals surface area (Å²) in [6.45, 7) is 0. The second kappa shape index (κ2) is 7.29. The molecule has 6 nitrogen and oxygen atoms in total. The summed E-state index contributed by atoms with van der Waals surface area (Å²) >= 11 is 1.37. The first-order valence-electron chi connectivity index (χ1n) is 9.01. The fourth-order valence-corrected chi connectivity index (χ4v) is 4.06. The summed E-state index contributed by atoms with van der Waals surface area (Å²) in [6.07, 6.45) is 3.29. The molecular weight excluding hydrogens is 382 g/mol. The SMILES string of the molecule is O=C(Nc1ccnc2ccnn12)c1sc(-c2ccccc2)nc1-c1ccccc1. The average Bonchev–Trinajstić information content (AvgIpc) is 3.43. The number of benzene rings is 2. The van der Waals surface area contributed by atoms with Gasteiger partial charge in [-0.3, -0.25) is 4.79 Å². The van der Waals surface area contributed by atoms with E-state index >= 15 is 0 Å². The van der Waals surface area contributed by atoms with E-state index in [4.69, 9.17) is 4.98 Å². The van der Waals surface area contributed by atoms with Crippen LogP contribution < -0.4 is 5.32 Å². The minimum Gasteiger partial charge on any atom is -0.306 e. The van der Waals surface area contributed by atoms with Crippen molar-refractivity contribution in [1.82, 2.24) is 19.6 Å². The van der Waals surface area contributed by atoms with Gasteiger partial charge in [0.1, 0.15) is 15.7 Å². The number of rotatable bonds is 4. The number of aromatic nitrogens is 4. The number of hydrogen-bond acceptors (Lipinski definition) is 5. The molecular formula is C22H15N5OS. The maximum atomic E-state index is 13.2. The lowest BCUT2D eigenvalue weighted by molar-refractivity contribution is 0.103. The number of nitrogens with one attached hydrogen (secondary N) is 1. The van der Waals surface area contributed by atoms with Crippen molar-refractivity contribution in [3.63, 3.8) is 0 Å². The Morgan fingerprint density at radius 1 is 0.862 bits per heavy atom. The summed E-state index contributed by atoms with van der Waals surface area (Å²) in [5.41, 5.74) is 3.21. The van der Waals surface area contributed by atoms with E-state index in [1.165, 1.54) is 11.3 Å². The molecule has 0 saturated carbocycles. The normalized spacial score (nSPS) is 10.9. The summed E-state index contributed by atoms with van der Waals surface area (Å²) < 4.78 is 1.60. The molecule has 0 aliphatic rings. The molecule has 0 atom stereocenters. The van der Waals surface area contributed by atoms with Crippen LogP contribution in [-0.4, -0.2) is 25.5 Å². The third kappa shape index (κ3) is 3.28. The van der Waals surface area contributed by atoms with E-state index in [0.29, 0.717) is 22.0 Å². The predicted octanol–water partition coefficient (Wildman–Crippen LogP) is 4.77. The van der Waals surface area contributed by atoms with Crippen LogP contribution in [0.5, 0.6) is 0 Å². The lowest BCUT2D eigenvalue weighted by Crippen LogP contribution is -2.14. The Bertz CT molecular complexity index is 1290. The van der Waals surface area contributed by atoms with Crippen molar-refractivity contribution in [1.29, 1.82) is 0 Å². The van der Waals surface area contributed by atoms with Crippen LogP contribution in [0.4, 0.5) is 5.82 Å². The Morgan fingerprint density at radius 3 is 2.34 bits per heavy atom. The molecule has 7 heteroatoms. The van der Waals surface area contributed by atoms with Crippen LogP contribution in [-0.2, 0) is 0 Å². The van der Waals surface area contributed by atoms with E-state index in [9.17, 15) is 4.79 Å². The van der Waals surface area contributed by atoms with Gasteiger partial charge in [0.2, 0.25) is 0 Å². The molecule has 0 saturated heterocycles. The molecule has 0 spiro atoms. The van der Waals surface area contributed by atoms with E-state index in [-0.39, 0.29) is 5.91 Å². The van der Waals surface area contributed by atoms with Crippen LogP contribution in [0.3, 0.4) is 0 Å². The highest BCUT2D eigenvalue weighted by molar-refractivity contribution is 7.17. The molecule has 0 unspecified atom stereocenters. The fraction of sp³-hybridized carbons (Fsp3) is 0. The molecule has 0 bridgehead atoms. The van der Waals surface area contributed by atoms with Gasteiger partial charge in [-0.2, -0.15) is 9.61 Å². The molecule has 1 amide bonds. The van der Waals surface area contributed by atoms with Crippen LogP contribution >= 0.6 is 11.3 Å². The Labute approximate surface area is 170 Å². The second-order valence-electron chi connectivity index (χ2n) is 6.31. The third-order valence-electron chi connectivity index (χ3n) is 4.43. The van der Waals surface area contributed by atoms with E-state index in [1.807, 2.05) is 60.7 Å². The first kappa shape index (κ1) is 17.3. The molecule has 29 heavy (non-hydrogen) atoms. The molecule has 5 rings (SSSR count). The van der Waals surface area contributed by atoms with Gasteiger partial charge < -0.3 is 5.32 Å². The van der Waals surface area contributed by atoms with E-state index in [1.54, 1.807) is 29.0 Å². The van der Waals surface area contributed by atoms with Crippen molar-refractivity contribution < 1.29 is 4.79 Å². The summed E-state index contributed by atoms with van der Waals surface area (Å²) in [5, 5.41) is 7.98. The third-order valence-corrected chi connectivity index (χ3v) is 5.54. The molecule has 0 aliphatic heterocycles. The molecule has 140 valence electrons. The average molecular weight is 397 g/mol. The van der Waals surface area contributed by atoms with E-state index in [0.717, 1.165) is 16.1 Å². The highest BCUT2D eigenvalue weighted by Gasteiger charge is 2.21. The number of carbonyl (C=O) groups is 1. The number of hydrogen-bond donors (Lipinski definition) is 1. The van der Waals surface area contributed by atoms with Gasteiger partial charge in [0.25, 0.3) is 5.91 Å². The Balaban J connectivity index is 1.58. The summed E-state index contributed by atoms with van der Waals surface area (Å²) in [4.78, 5) is 22.8. The number of nitrogens with zero attached hydrogens (tertiary/aromatic N) is 4. The van der Waals surface area contributed by atoms with Gasteiger partial charge in [-0.25, -0.2) is 9.97 Å². The maximum Gasteiger partial charge on any atom is 0.269 e. The Hall–Kier alpha value is -3.84. The van der Waals surface area contributed by atoms with Crippen LogP contribution in [0.1, 0.15) is 9.67 Å². The van der Waals surface area contributed by atoms with Crippen molar-refractivity contribution in [3.05, 3.63) is 90.1 Å². The Morgan fingerprint density at radius 2 is 1.59 bits per heavy atom. The van der Waals surface area contributed by atoms with Crippen molar-refractivity contribution in [3.8, 4) is 21.8 Å². The van der Waals surface area contributed by atoms with Gasteiger partial charge in [-0.05, 0) is 6.07 Å². The van der Waals surface area contributed by atoms with Gasteiger partial charge in [0, 0.05) is 23.4 Å². The number of thiazole rings is 1. The molecule has 0 radical (unpaired) electrons. The van der Waals surface area contributed by atoms with Crippen LogP contribution in [0.15, 0.2) is 85.2 Å². The highest BCUT2D eigenvalue weighted by atomic mass is 32.1. The Kier molecular flexibility index (Phi) is 4.34. The van der Waals surface area contributed by atoms with Gasteiger partial charge >= 0.3 is 0 Å². The smallest absolute Gasteiger partial charge is 0.269 e. The molecule has 1 N–H and O–H groups in total. The predicted molar refractivity (Wildman–Crippen MR) is 114 cm³/mol. The largest absolute Gasteiger partial charge is 0.306 e. The summed E-state index contributed by atoms with van der Waals surface area (Å²) in [6, 6.07) is 23.1. The number of carbonyl (C=O) groups excluding carboxylic acids is 1. The zero-order valence-electron chi connectivity index (χ0n) is 15.2. The van der Waals surface area contributed by atoms with E-state index < -0.39 is 0 Å². The van der Waals surface area contributed by atoms with Crippen molar-refractivity contribution in [2.45, 2.75) is 0 Å². The maximum absolute atomic E-state index is 13.2. The molecule has 5 aromatic rings. The lowest BCUT2D eigenvalue weighted by atomic mass is 10.1. The van der Waals surface area contributed by atoms with Gasteiger partial charge in [-0.1, -0.05) is 60.7 Å². The minimum atomic E-state index is -0.230. The fourth-order valence-electron chi connectivity index (χ4n) is 3.07. The number of fused-ring (bicyclic) bond motifs is 1. The van der Waals surface area contributed by atoms with Crippen molar-refractivity contribution >= 4 is 28.7 Å². The number of anilines is 1. The molecule has 2 aromatic carbocycles. The van der Waals surface area contributed by atoms with Crippen LogP contribution in [0.2, 0.25) is 0 Å². The quantitative estimate of drug-likeness (QED) is 0.474. The number of amides is 1. The first-order valence-corrected chi connectivity index (χ1v) is 9.83. The summed E-state index contributed by atoms with van der Waals surface area (Å²) in [5.74, 6) is 0.324. The van der Waals surface area contributed by atoms with Gasteiger partial charge in [-0.15, -0.1) is 11.3 Å². The standard InChI is InChI=1S/C22H15N5OS/c28-21(25-18-11-13-23-17-12-14-24-27(17)18)20-19(15-7-3-1-4-8-15)26-22(29-20)16-9-5-2-6-10-16/h1-14H,(H,25,28). The molecule has 3 heterocycles. The lowest BCUT2D eigenvalue weighted by Gasteiger charge is -2.07. The van der Waals surface area contributed by atoms with Crippen LogP contribution in [0.25, 0.3) is 27.5 Å². The molecule has 0 aliphatic carbocycles. The second-order valence-corrected chi connectivity index (χ2v) is 7.31. The van der Waals surface area contributed by atoms with Gasteiger partial charge in [0.05, 0.1) is 11.9 Å². The summed E-state index contributed by atoms with van der Waals surface area (Å²) in [7, 11) is 0. The van der Waals surface area contributed by atoms with Gasteiger partial charge in [0.15, 0.2) is 5.65 Å². The minimum absolute atomic E-state index is 0.230. The topological polar surface area (TPSA) is 72.2 Å². The molecule has 3 aromatic heterocycles. The zero-order chi connectivity index (χ0) is 19.6. The monoisotopic (exact) mass is 397 g/mol. The van der Waals surface area contributed by atoms with Crippen molar-refractivity contribution in [2.75, 3.05) is 5.32 Å². The van der Waals surface area contributed by atoms with Crippen LogP contribution in [0, 0.1) is 0 Å². The van der Waals surface area contributed by atoms with Crippen molar-refractivity contribution in [2.24, 2.45) is 0 Å². The highest BCUT2D eigenvalue weighted by Crippen LogP contribution is 2.34. The first-order chi connectivity index (χ1) is 14.3.